The summed E-state index contributed by atoms with van der Waals surface area (Å²) in [7, 11) is 0. The molecule has 1 N–H and O–H groups in total. The highest BCUT2D eigenvalue weighted by Crippen LogP contribution is 2.22. The molecule has 0 aliphatic rings. The number of nitrogens with one attached hydrogen (secondary N) is 1. The molecule has 6 heteroatoms. The van der Waals surface area contributed by atoms with Crippen LogP contribution in [0, 0.1) is 6.92 Å². The molecule has 0 aromatic heterocycles. The number of hydrogen-bond donors (Lipinski definition) is 1. The van der Waals surface area contributed by atoms with Crippen LogP contribution in [0.25, 0.3) is 0 Å². The van der Waals surface area contributed by atoms with E-state index in [0.717, 1.165) is 16.0 Å². The average Bonchev–Trinajstić information content (AvgIpc) is 2.64. The summed E-state index contributed by atoms with van der Waals surface area (Å²) < 4.78 is 0. The molecule has 0 unspecified atom stereocenters. The molecule has 0 saturated heterocycles. The van der Waals surface area contributed by atoms with Gasteiger partial charge in [0.2, 0.25) is 11.8 Å². The Kier molecular flexibility index (Phi) is 8.39. The molecule has 0 radical (unpaired) electrons. The fourth-order valence-electron chi connectivity index (χ4n) is 2.75. The SMILES string of the molecule is Cc1cccc(CN(C(=O)CSc2ccc(Cl)cc2)[C@@H](C)C(=O)NC(C)C)c1. The van der Waals surface area contributed by atoms with E-state index in [1.54, 1.807) is 24.0 Å². The van der Waals surface area contributed by atoms with Gasteiger partial charge in [-0.25, -0.2) is 0 Å². The highest BCUT2D eigenvalue weighted by molar-refractivity contribution is 8.00. The molecule has 2 aromatic carbocycles. The highest BCUT2D eigenvalue weighted by atomic mass is 35.5. The van der Waals surface area contributed by atoms with E-state index in [0.29, 0.717) is 11.6 Å². The summed E-state index contributed by atoms with van der Waals surface area (Å²) in [6, 6.07) is 14.9. The van der Waals surface area contributed by atoms with Crippen molar-refractivity contribution < 1.29 is 9.59 Å². The van der Waals surface area contributed by atoms with Crippen LogP contribution in [0.5, 0.6) is 0 Å². The zero-order valence-electron chi connectivity index (χ0n) is 16.7. The van der Waals surface area contributed by atoms with Gasteiger partial charge in [-0.3, -0.25) is 9.59 Å². The second kappa shape index (κ2) is 10.5. The van der Waals surface area contributed by atoms with Crippen LogP contribution < -0.4 is 5.32 Å². The summed E-state index contributed by atoms with van der Waals surface area (Å²) in [5.74, 6) is 0.0348. The molecule has 28 heavy (non-hydrogen) atoms. The Labute approximate surface area is 176 Å². The number of halogens is 1. The zero-order valence-corrected chi connectivity index (χ0v) is 18.3. The van der Waals surface area contributed by atoms with E-state index in [1.807, 2.05) is 57.2 Å². The third-order valence-corrected chi connectivity index (χ3v) is 5.46. The first-order valence-corrected chi connectivity index (χ1v) is 10.7. The van der Waals surface area contributed by atoms with Gasteiger partial charge < -0.3 is 10.2 Å². The van der Waals surface area contributed by atoms with Crippen molar-refractivity contribution in [3.05, 3.63) is 64.7 Å². The van der Waals surface area contributed by atoms with Crippen LogP contribution in [0.3, 0.4) is 0 Å². The summed E-state index contributed by atoms with van der Waals surface area (Å²) in [4.78, 5) is 28.2. The number of hydrogen-bond acceptors (Lipinski definition) is 3. The van der Waals surface area contributed by atoms with Gasteiger partial charge in [0.25, 0.3) is 0 Å². The number of carbonyl (C=O) groups excluding carboxylic acids is 2. The van der Waals surface area contributed by atoms with E-state index in [4.69, 9.17) is 11.6 Å². The molecule has 0 heterocycles. The standard InChI is InChI=1S/C22H27ClN2O2S/c1-15(2)24-22(27)17(4)25(13-18-7-5-6-16(3)12-18)21(26)14-28-20-10-8-19(23)9-11-20/h5-12,15,17H,13-14H2,1-4H3,(H,24,27)/t17-/m0/s1. The van der Waals surface area contributed by atoms with Crippen molar-refractivity contribution in [3.8, 4) is 0 Å². The van der Waals surface area contributed by atoms with E-state index in [1.165, 1.54) is 11.8 Å². The van der Waals surface area contributed by atoms with Crippen LogP contribution >= 0.6 is 23.4 Å². The molecule has 2 amide bonds. The lowest BCUT2D eigenvalue weighted by Crippen LogP contribution is -2.49. The molecule has 0 aliphatic carbocycles. The van der Waals surface area contributed by atoms with Gasteiger partial charge >= 0.3 is 0 Å². The Hall–Kier alpha value is -1.98. The molecule has 0 aliphatic heterocycles. The summed E-state index contributed by atoms with van der Waals surface area (Å²) in [6.45, 7) is 8.01. The molecule has 2 rings (SSSR count). The van der Waals surface area contributed by atoms with E-state index >= 15 is 0 Å². The third-order valence-electron chi connectivity index (χ3n) is 4.21. The van der Waals surface area contributed by atoms with Gasteiger partial charge in [0, 0.05) is 22.5 Å². The minimum absolute atomic E-state index is 0.0225. The molecule has 0 spiro atoms. The zero-order chi connectivity index (χ0) is 20.7. The Balaban J connectivity index is 2.14. The van der Waals surface area contributed by atoms with Gasteiger partial charge in [-0.15, -0.1) is 11.8 Å². The Morgan fingerprint density at radius 3 is 2.39 bits per heavy atom. The lowest BCUT2D eigenvalue weighted by molar-refractivity contribution is -0.138. The van der Waals surface area contributed by atoms with Crippen molar-refractivity contribution in [1.82, 2.24) is 10.2 Å². The van der Waals surface area contributed by atoms with Crippen molar-refractivity contribution in [2.24, 2.45) is 0 Å². The first-order chi connectivity index (χ1) is 13.3. The van der Waals surface area contributed by atoms with E-state index in [-0.39, 0.29) is 23.6 Å². The maximum absolute atomic E-state index is 13.0. The summed E-state index contributed by atoms with van der Waals surface area (Å²) in [6.07, 6.45) is 0. The van der Waals surface area contributed by atoms with Crippen molar-refractivity contribution in [2.75, 3.05) is 5.75 Å². The first-order valence-electron chi connectivity index (χ1n) is 9.30. The van der Waals surface area contributed by atoms with Gasteiger partial charge in [0.1, 0.15) is 6.04 Å². The van der Waals surface area contributed by atoms with E-state index in [9.17, 15) is 9.59 Å². The minimum Gasteiger partial charge on any atom is -0.352 e. The van der Waals surface area contributed by atoms with Gasteiger partial charge in [0.05, 0.1) is 5.75 Å². The van der Waals surface area contributed by atoms with Crippen molar-refractivity contribution in [1.29, 1.82) is 0 Å². The van der Waals surface area contributed by atoms with Crippen LogP contribution in [-0.2, 0) is 16.1 Å². The lowest BCUT2D eigenvalue weighted by Gasteiger charge is -2.29. The summed E-state index contributed by atoms with van der Waals surface area (Å²) in [5, 5.41) is 3.56. The van der Waals surface area contributed by atoms with Crippen molar-refractivity contribution in [2.45, 2.75) is 51.2 Å². The summed E-state index contributed by atoms with van der Waals surface area (Å²) >= 11 is 7.36. The molecule has 0 bridgehead atoms. The predicted octanol–water partition coefficient (Wildman–Crippen LogP) is 4.68. The van der Waals surface area contributed by atoms with Crippen LogP contribution in [0.4, 0.5) is 0 Å². The molecule has 0 saturated carbocycles. The Morgan fingerprint density at radius 2 is 1.79 bits per heavy atom. The van der Waals surface area contributed by atoms with Gasteiger partial charge in [-0.1, -0.05) is 41.4 Å². The van der Waals surface area contributed by atoms with E-state index < -0.39 is 6.04 Å². The number of nitrogens with zero attached hydrogens (tertiary/aromatic N) is 1. The monoisotopic (exact) mass is 418 g/mol. The fraction of sp³-hybridized carbons (Fsp3) is 0.364. The Bertz CT molecular complexity index is 808. The largest absolute Gasteiger partial charge is 0.352 e. The topological polar surface area (TPSA) is 49.4 Å². The molecule has 1 atom stereocenters. The second-order valence-corrected chi connectivity index (χ2v) is 8.58. The maximum atomic E-state index is 13.0. The fourth-order valence-corrected chi connectivity index (χ4v) is 3.66. The average molecular weight is 419 g/mol. The van der Waals surface area contributed by atoms with Crippen LogP contribution in [0.15, 0.2) is 53.4 Å². The maximum Gasteiger partial charge on any atom is 0.242 e. The van der Waals surface area contributed by atoms with Crippen molar-refractivity contribution in [3.63, 3.8) is 0 Å². The smallest absolute Gasteiger partial charge is 0.242 e. The number of benzene rings is 2. The van der Waals surface area contributed by atoms with Crippen LogP contribution in [-0.4, -0.2) is 34.6 Å². The van der Waals surface area contributed by atoms with Gasteiger partial charge in [-0.2, -0.15) is 0 Å². The van der Waals surface area contributed by atoms with E-state index in [2.05, 4.69) is 5.32 Å². The van der Waals surface area contributed by atoms with Crippen LogP contribution in [0.2, 0.25) is 5.02 Å². The second-order valence-electron chi connectivity index (χ2n) is 7.09. The predicted molar refractivity (Wildman–Crippen MR) is 117 cm³/mol. The number of rotatable bonds is 8. The van der Waals surface area contributed by atoms with Gasteiger partial charge in [0.15, 0.2) is 0 Å². The highest BCUT2D eigenvalue weighted by Gasteiger charge is 2.26. The lowest BCUT2D eigenvalue weighted by atomic mass is 10.1. The Morgan fingerprint density at radius 1 is 1.11 bits per heavy atom. The number of amides is 2. The number of carbonyl (C=O) groups is 2. The minimum atomic E-state index is -0.554. The summed E-state index contributed by atoms with van der Waals surface area (Å²) in [5.41, 5.74) is 2.13. The van der Waals surface area contributed by atoms with Crippen molar-refractivity contribution >= 4 is 35.2 Å². The molecular formula is C22H27ClN2O2S. The van der Waals surface area contributed by atoms with Gasteiger partial charge in [-0.05, 0) is 57.5 Å². The molecule has 4 nitrogen and oxygen atoms in total. The number of thioether (sulfide) groups is 1. The molecule has 150 valence electrons. The quantitative estimate of drug-likeness (QED) is 0.633. The molecule has 0 fully saturated rings. The number of aryl methyl sites for hydroxylation is 1. The molecule has 2 aromatic rings. The normalized spacial score (nSPS) is 11.9. The first kappa shape index (κ1) is 22.3. The third kappa shape index (κ3) is 6.88. The van der Waals surface area contributed by atoms with Crippen LogP contribution in [0.1, 0.15) is 31.9 Å². The molecular weight excluding hydrogens is 392 g/mol.